The molecular formula is C12H18O2. The van der Waals surface area contributed by atoms with Gasteiger partial charge < -0.3 is 4.74 Å². The van der Waals surface area contributed by atoms with Gasteiger partial charge in [-0.15, -0.1) is 6.42 Å². The molecule has 1 rings (SSSR count). The summed E-state index contributed by atoms with van der Waals surface area (Å²) in [4.78, 5) is 11.1. The van der Waals surface area contributed by atoms with E-state index in [0.29, 0.717) is 24.2 Å². The summed E-state index contributed by atoms with van der Waals surface area (Å²) in [6.07, 6.45) is 9.35. The molecule has 1 fully saturated rings. The van der Waals surface area contributed by atoms with Crippen LogP contribution < -0.4 is 0 Å². The summed E-state index contributed by atoms with van der Waals surface area (Å²) in [5.41, 5.74) is 0. The normalized spacial score (nSPS) is 26.9. The number of ketones is 1. The second-order valence-corrected chi connectivity index (χ2v) is 4.05. The lowest BCUT2D eigenvalue weighted by Gasteiger charge is -2.26. The molecule has 1 aliphatic rings. The minimum Gasteiger partial charge on any atom is -0.369 e. The number of rotatable bonds is 4. The molecule has 0 aliphatic heterocycles. The summed E-state index contributed by atoms with van der Waals surface area (Å²) < 4.78 is 5.30. The first-order valence-corrected chi connectivity index (χ1v) is 5.25. The Morgan fingerprint density at radius 3 is 2.57 bits per heavy atom. The standard InChI is InChI=1S/C12H18O2/c1-3-8-14-9-11-4-6-12(7-5-11)10(2)13/h1,11-12H,4-9H2,2H3. The van der Waals surface area contributed by atoms with Gasteiger partial charge in [0.2, 0.25) is 0 Å². The van der Waals surface area contributed by atoms with E-state index in [1.54, 1.807) is 6.92 Å². The number of hydrogen-bond donors (Lipinski definition) is 0. The average molecular weight is 194 g/mol. The molecule has 0 unspecified atom stereocenters. The van der Waals surface area contributed by atoms with Crippen LogP contribution in [0.1, 0.15) is 32.6 Å². The maximum absolute atomic E-state index is 11.1. The van der Waals surface area contributed by atoms with E-state index >= 15 is 0 Å². The van der Waals surface area contributed by atoms with Gasteiger partial charge in [0.1, 0.15) is 12.4 Å². The zero-order valence-electron chi connectivity index (χ0n) is 8.79. The highest BCUT2D eigenvalue weighted by molar-refractivity contribution is 5.78. The predicted molar refractivity (Wildman–Crippen MR) is 55.8 cm³/mol. The molecule has 2 nitrogen and oxygen atoms in total. The topological polar surface area (TPSA) is 26.3 Å². The van der Waals surface area contributed by atoms with Crippen molar-refractivity contribution < 1.29 is 9.53 Å². The minimum atomic E-state index is 0.305. The smallest absolute Gasteiger partial charge is 0.132 e. The summed E-state index contributed by atoms with van der Waals surface area (Å²) in [6.45, 7) is 2.86. The van der Waals surface area contributed by atoms with Crippen LogP contribution in [-0.2, 0) is 9.53 Å². The van der Waals surface area contributed by atoms with Crippen LogP contribution in [-0.4, -0.2) is 19.0 Å². The van der Waals surface area contributed by atoms with E-state index in [2.05, 4.69) is 5.92 Å². The highest BCUT2D eigenvalue weighted by atomic mass is 16.5. The third-order valence-electron chi connectivity index (χ3n) is 2.96. The summed E-state index contributed by atoms with van der Waals surface area (Å²) in [5, 5.41) is 0. The van der Waals surface area contributed by atoms with Crippen LogP contribution in [0.15, 0.2) is 0 Å². The van der Waals surface area contributed by atoms with E-state index in [1.165, 1.54) is 0 Å². The van der Waals surface area contributed by atoms with Crippen molar-refractivity contribution in [2.45, 2.75) is 32.6 Å². The molecule has 1 aliphatic carbocycles. The second-order valence-electron chi connectivity index (χ2n) is 4.05. The number of carbonyl (C=O) groups is 1. The maximum Gasteiger partial charge on any atom is 0.132 e. The molecule has 0 N–H and O–H groups in total. The quantitative estimate of drug-likeness (QED) is 0.505. The van der Waals surface area contributed by atoms with Crippen molar-refractivity contribution in [2.24, 2.45) is 11.8 Å². The van der Waals surface area contributed by atoms with Crippen molar-refractivity contribution in [3.8, 4) is 12.3 Å². The van der Waals surface area contributed by atoms with Gasteiger partial charge >= 0.3 is 0 Å². The first-order chi connectivity index (χ1) is 6.74. The predicted octanol–water partition coefficient (Wildman–Crippen LogP) is 2.03. The third-order valence-corrected chi connectivity index (χ3v) is 2.96. The molecule has 0 saturated heterocycles. The Bertz CT molecular complexity index is 219. The van der Waals surface area contributed by atoms with E-state index in [4.69, 9.17) is 11.2 Å². The first kappa shape index (κ1) is 11.3. The number of ether oxygens (including phenoxy) is 1. The van der Waals surface area contributed by atoms with Gasteiger partial charge in [-0.1, -0.05) is 5.92 Å². The Labute approximate surface area is 86.0 Å². The average Bonchev–Trinajstić information content (AvgIpc) is 2.19. The van der Waals surface area contributed by atoms with Gasteiger partial charge in [-0.05, 0) is 38.5 Å². The molecule has 0 heterocycles. The van der Waals surface area contributed by atoms with Crippen LogP contribution in [0.2, 0.25) is 0 Å². The van der Waals surface area contributed by atoms with E-state index < -0.39 is 0 Å². The Morgan fingerprint density at radius 2 is 2.07 bits per heavy atom. The summed E-state index contributed by atoms with van der Waals surface area (Å²) in [6, 6.07) is 0. The van der Waals surface area contributed by atoms with E-state index in [1.807, 2.05) is 0 Å². The Hall–Kier alpha value is -0.810. The summed E-state index contributed by atoms with van der Waals surface area (Å²) >= 11 is 0. The number of terminal acetylenes is 1. The number of Topliss-reactive ketones (excluding diaryl/α,β-unsaturated/α-hetero) is 1. The zero-order chi connectivity index (χ0) is 10.4. The monoisotopic (exact) mass is 194 g/mol. The molecule has 0 amide bonds. The van der Waals surface area contributed by atoms with Crippen molar-refractivity contribution >= 4 is 5.78 Å². The van der Waals surface area contributed by atoms with Gasteiger partial charge in [0.25, 0.3) is 0 Å². The summed E-state index contributed by atoms with van der Waals surface area (Å²) in [7, 11) is 0. The number of hydrogen-bond acceptors (Lipinski definition) is 2. The molecule has 0 bridgehead atoms. The summed E-state index contributed by atoms with van der Waals surface area (Å²) in [5.74, 6) is 3.71. The lowest BCUT2D eigenvalue weighted by atomic mass is 9.81. The molecule has 14 heavy (non-hydrogen) atoms. The molecule has 0 spiro atoms. The minimum absolute atomic E-state index is 0.305. The molecule has 1 saturated carbocycles. The maximum atomic E-state index is 11.1. The Morgan fingerprint density at radius 1 is 1.43 bits per heavy atom. The van der Waals surface area contributed by atoms with Gasteiger partial charge in [-0.2, -0.15) is 0 Å². The fourth-order valence-electron chi connectivity index (χ4n) is 2.02. The van der Waals surface area contributed by atoms with Gasteiger partial charge in [-0.25, -0.2) is 0 Å². The van der Waals surface area contributed by atoms with Gasteiger partial charge in [0.15, 0.2) is 0 Å². The SMILES string of the molecule is C#CCOCC1CCC(C(C)=O)CC1. The van der Waals surface area contributed by atoms with E-state index in [-0.39, 0.29) is 0 Å². The lowest BCUT2D eigenvalue weighted by molar-refractivity contribution is -0.122. The molecule has 0 atom stereocenters. The van der Waals surface area contributed by atoms with Crippen LogP contribution in [0, 0.1) is 24.2 Å². The van der Waals surface area contributed by atoms with Crippen molar-refractivity contribution in [2.75, 3.05) is 13.2 Å². The van der Waals surface area contributed by atoms with Crippen LogP contribution in [0.5, 0.6) is 0 Å². The highest BCUT2D eigenvalue weighted by Crippen LogP contribution is 2.29. The first-order valence-electron chi connectivity index (χ1n) is 5.25. The Balaban J connectivity index is 2.16. The van der Waals surface area contributed by atoms with Crippen LogP contribution in [0.3, 0.4) is 0 Å². The second kappa shape index (κ2) is 5.82. The largest absolute Gasteiger partial charge is 0.369 e. The molecular weight excluding hydrogens is 176 g/mol. The fraction of sp³-hybridized carbons (Fsp3) is 0.750. The van der Waals surface area contributed by atoms with Crippen LogP contribution >= 0.6 is 0 Å². The van der Waals surface area contributed by atoms with Crippen LogP contribution in [0.4, 0.5) is 0 Å². The van der Waals surface area contributed by atoms with Gasteiger partial charge in [0, 0.05) is 5.92 Å². The third kappa shape index (κ3) is 3.51. The van der Waals surface area contributed by atoms with Crippen molar-refractivity contribution in [1.29, 1.82) is 0 Å². The molecule has 0 aromatic rings. The van der Waals surface area contributed by atoms with Crippen molar-refractivity contribution in [3.05, 3.63) is 0 Å². The van der Waals surface area contributed by atoms with Crippen molar-refractivity contribution in [3.63, 3.8) is 0 Å². The fourth-order valence-corrected chi connectivity index (χ4v) is 2.02. The highest BCUT2D eigenvalue weighted by Gasteiger charge is 2.23. The molecule has 78 valence electrons. The Kier molecular flexibility index (Phi) is 4.69. The van der Waals surface area contributed by atoms with Crippen LogP contribution in [0.25, 0.3) is 0 Å². The van der Waals surface area contributed by atoms with E-state index in [9.17, 15) is 4.79 Å². The van der Waals surface area contributed by atoms with E-state index in [0.717, 1.165) is 32.3 Å². The lowest BCUT2D eigenvalue weighted by Crippen LogP contribution is -2.22. The molecule has 2 heteroatoms. The van der Waals surface area contributed by atoms with Gasteiger partial charge in [0.05, 0.1) is 6.61 Å². The van der Waals surface area contributed by atoms with Gasteiger partial charge in [-0.3, -0.25) is 4.79 Å². The molecule has 0 aromatic carbocycles. The number of carbonyl (C=O) groups excluding carboxylic acids is 1. The van der Waals surface area contributed by atoms with Crippen molar-refractivity contribution in [1.82, 2.24) is 0 Å². The zero-order valence-corrected chi connectivity index (χ0v) is 8.79. The molecule has 0 aromatic heterocycles. The molecule has 0 radical (unpaired) electrons.